The first kappa shape index (κ1) is 18.3. The summed E-state index contributed by atoms with van der Waals surface area (Å²) in [5.74, 6) is -0.276. The predicted molar refractivity (Wildman–Crippen MR) is 104 cm³/mol. The highest BCUT2D eigenvalue weighted by atomic mass is 32.1. The Morgan fingerprint density at radius 2 is 2.00 bits per heavy atom. The third-order valence-corrected chi connectivity index (χ3v) is 5.15. The van der Waals surface area contributed by atoms with Crippen LogP contribution < -0.4 is 5.32 Å². The van der Waals surface area contributed by atoms with E-state index in [9.17, 15) is 9.59 Å². The lowest BCUT2D eigenvalue weighted by atomic mass is 10.0. The van der Waals surface area contributed by atoms with Gasteiger partial charge in [-0.2, -0.15) is 0 Å². The van der Waals surface area contributed by atoms with Crippen LogP contribution in [0.2, 0.25) is 0 Å². The molecule has 0 aliphatic carbocycles. The van der Waals surface area contributed by atoms with E-state index >= 15 is 0 Å². The number of likely N-dealkylation sites (tertiary alicyclic amines) is 1. The zero-order valence-electron chi connectivity index (χ0n) is 14.9. The number of carbonyl (C=O) groups is 2. The Labute approximate surface area is 157 Å². The zero-order valence-corrected chi connectivity index (χ0v) is 15.7. The van der Waals surface area contributed by atoms with Gasteiger partial charge in [-0.15, -0.1) is 11.3 Å². The molecule has 1 aromatic carbocycles. The van der Waals surface area contributed by atoms with Crippen LogP contribution in [0.15, 0.2) is 41.8 Å². The van der Waals surface area contributed by atoms with E-state index in [1.54, 1.807) is 6.08 Å². The second-order valence-electron chi connectivity index (χ2n) is 6.41. The Morgan fingerprint density at radius 3 is 2.65 bits per heavy atom. The quantitative estimate of drug-likeness (QED) is 0.797. The molecule has 0 saturated carbocycles. The Balaban J connectivity index is 1.68. The van der Waals surface area contributed by atoms with Gasteiger partial charge in [-0.1, -0.05) is 30.3 Å². The van der Waals surface area contributed by atoms with Gasteiger partial charge in [-0.05, 0) is 31.4 Å². The maximum atomic E-state index is 12.8. The van der Waals surface area contributed by atoms with Gasteiger partial charge < -0.3 is 10.2 Å². The SMILES string of the molecule is Cc1nc(/C=C/C(=O)N[C@H](Cc2ccccc2)C(=O)N2CCCC2)cs1. The summed E-state index contributed by atoms with van der Waals surface area (Å²) < 4.78 is 0. The molecular formula is C20H23N3O2S. The highest BCUT2D eigenvalue weighted by Crippen LogP contribution is 2.13. The van der Waals surface area contributed by atoms with Crippen LogP contribution in [0.25, 0.3) is 6.08 Å². The third-order valence-electron chi connectivity index (χ3n) is 4.36. The molecule has 0 spiro atoms. The van der Waals surface area contributed by atoms with Crippen LogP contribution in [0.5, 0.6) is 0 Å². The first-order chi connectivity index (χ1) is 12.6. The number of thiazole rings is 1. The zero-order chi connectivity index (χ0) is 18.4. The van der Waals surface area contributed by atoms with Crippen molar-refractivity contribution in [2.24, 2.45) is 0 Å². The number of hydrogen-bond donors (Lipinski definition) is 1. The Hall–Kier alpha value is -2.47. The fourth-order valence-electron chi connectivity index (χ4n) is 3.05. The fraction of sp³-hybridized carbons (Fsp3) is 0.350. The molecule has 5 nitrogen and oxygen atoms in total. The van der Waals surface area contributed by atoms with Gasteiger partial charge in [0, 0.05) is 31.0 Å². The molecule has 6 heteroatoms. The Bertz CT molecular complexity index is 779. The van der Waals surface area contributed by atoms with Crippen LogP contribution in [0.1, 0.15) is 29.1 Å². The Morgan fingerprint density at radius 1 is 1.27 bits per heavy atom. The number of amides is 2. The van der Waals surface area contributed by atoms with E-state index < -0.39 is 6.04 Å². The van der Waals surface area contributed by atoms with Gasteiger partial charge in [0.2, 0.25) is 11.8 Å². The monoisotopic (exact) mass is 369 g/mol. The number of rotatable bonds is 6. The van der Waals surface area contributed by atoms with Gasteiger partial charge in [0.05, 0.1) is 10.7 Å². The van der Waals surface area contributed by atoms with Crippen molar-refractivity contribution >= 4 is 29.2 Å². The fourth-order valence-corrected chi connectivity index (χ4v) is 3.63. The number of nitrogens with zero attached hydrogens (tertiary/aromatic N) is 2. The lowest BCUT2D eigenvalue weighted by molar-refractivity contribution is -0.134. The van der Waals surface area contributed by atoms with E-state index in [-0.39, 0.29) is 11.8 Å². The summed E-state index contributed by atoms with van der Waals surface area (Å²) in [5, 5.41) is 5.73. The number of aromatic nitrogens is 1. The molecule has 1 aliphatic heterocycles. The molecule has 2 heterocycles. The second-order valence-corrected chi connectivity index (χ2v) is 7.47. The van der Waals surface area contributed by atoms with Crippen LogP contribution >= 0.6 is 11.3 Å². The van der Waals surface area contributed by atoms with Crippen LogP contribution in [-0.4, -0.2) is 40.8 Å². The van der Waals surface area contributed by atoms with Gasteiger partial charge in [0.1, 0.15) is 6.04 Å². The van der Waals surface area contributed by atoms with Gasteiger partial charge in [-0.3, -0.25) is 9.59 Å². The van der Waals surface area contributed by atoms with Crippen molar-refractivity contribution < 1.29 is 9.59 Å². The number of benzene rings is 1. The summed E-state index contributed by atoms with van der Waals surface area (Å²) in [4.78, 5) is 31.3. The molecule has 2 aromatic rings. The van der Waals surface area contributed by atoms with Crippen molar-refractivity contribution in [3.8, 4) is 0 Å². The standard InChI is InChI=1S/C20H23N3O2S/c1-15-21-17(14-26-15)9-10-19(24)22-18(13-16-7-3-2-4-8-16)20(25)23-11-5-6-12-23/h2-4,7-10,14,18H,5-6,11-13H2,1H3,(H,22,24)/b10-9+/t18-/m1/s1. The van der Waals surface area contributed by atoms with Crippen molar-refractivity contribution in [2.45, 2.75) is 32.2 Å². The van der Waals surface area contributed by atoms with E-state index in [2.05, 4.69) is 10.3 Å². The molecular weight excluding hydrogens is 346 g/mol. The summed E-state index contributed by atoms with van der Waals surface area (Å²) in [6.07, 6.45) is 5.68. The van der Waals surface area contributed by atoms with Crippen molar-refractivity contribution in [1.82, 2.24) is 15.2 Å². The summed E-state index contributed by atoms with van der Waals surface area (Å²) in [6.45, 7) is 3.47. The van der Waals surface area contributed by atoms with Crippen molar-refractivity contribution in [1.29, 1.82) is 0 Å². The number of carbonyl (C=O) groups excluding carboxylic acids is 2. The van der Waals surface area contributed by atoms with Gasteiger partial charge in [0.25, 0.3) is 0 Å². The average Bonchev–Trinajstić information content (AvgIpc) is 3.31. The van der Waals surface area contributed by atoms with Crippen LogP contribution in [0, 0.1) is 6.92 Å². The van der Waals surface area contributed by atoms with Gasteiger partial charge in [-0.25, -0.2) is 4.98 Å². The number of hydrogen-bond acceptors (Lipinski definition) is 4. The molecule has 1 saturated heterocycles. The first-order valence-electron chi connectivity index (χ1n) is 8.85. The first-order valence-corrected chi connectivity index (χ1v) is 9.73. The largest absolute Gasteiger partial charge is 0.341 e. The van der Waals surface area contributed by atoms with Crippen LogP contribution in [0.3, 0.4) is 0 Å². The van der Waals surface area contributed by atoms with E-state index in [1.165, 1.54) is 17.4 Å². The highest BCUT2D eigenvalue weighted by Gasteiger charge is 2.27. The van der Waals surface area contributed by atoms with E-state index in [4.69, 9.17) is 0 Å². The molecule has 0 bridgehead atoms. The molecule has 1 aliphatic rings. The molecule has 0 unspecified atom stereocenters. The maximum Gasteiger partial charge on any atom is 0.245 e. The molecule has 26 heavy (non-hydrogen) atoms. The molecule has 3 rings (SSSR count). The molecule has 1 atom stereocenters. The molecule has 1 aromatic heterocycles. The second kappa shape index (κ2) is 8.76. The van der Waals surface area contributed by atoms with Gasteiger partial charge in [0.15, 0.2) is 0 Å². The van der Waals surface area contributed by atoms with Crippen LogP contribution in [0.4, 0.5) is 0 Å². The van der Waals surface area contributed by atoms with Crippen molar-refractivity contribution in [3.63, 3.8) is 0 Å². The highest BCUT2D eigenvalue weighted by molar-refractivity contribution is 7.09. The Kier molecular flexibility index (Phi) is 6.17. The number of nitrogens with one attached hydrogen (secondary N) is 1. The van der Waals surface area contributed by atoms with E-state index in [1.807, 2.05) is 47.5 Å². The summed E-state index contributed by atoms with van der Waals surface area (Å²) >= 11 is 1.54. The van der Waals surface area contributed by atoms with Gasteiger partial charge >= 0.3 is 0 Å². The normalized spacial score (nSPS) is 15.3. The topological polar surface area (TPSA) is 62.3 Å². The molecule has 1 N–H and O–H groups in total. The molecule has 136 valence electrons. The molecule has 2 amide bonds. The van der Waals surface area contributed by atoms with E-state index in [0.29, 0.717) is 6.42 Å². The smallest absolute Gasteiger partial charge is 0.245 e. The summed E-state index contributed by atoms with van der Waals surface area (Å²) in [7, 11) is 0. The average molecular weight is 369 g/mol. The predicted octanol–water partition coefficient (Wildman–Crippen LogP) is 2.81. The minimum atomic E-state index is -0.551. The molecule has 1 fully saturated rings. The van der Waals surface area contributed by atoms with E-state index in [0.717, 1.165) is 42.2 Å². The molecule has 0 radical (unpaired) electrons. The third kappa shape index (κ3) is 5.02. The van der Waals surface area contributed by atoms with Crippen LogP contribution in [-0.2, 0) is 16.0 Å². The lowest BCUT2D eigenvalue weighted by Gasteiger charge is -2.23. The minimum Gasteiger partial charge on any atom is -0.341 e. The minimum absolute atomic E-state index is 0.00222. The number of aryl methyl sites for hydroxylation is 1. The maximum absolute atomic E-state index is 12.8. The summed E-state index contributed by atoms with van der Waals surface area (Å²) in [6, 6.07) is 9.23. The lowest BCUT2D eigenvalue weighted by Crippen LogP contribution is -2.48. The van der Waals surface area contributed by atoms with Crippen molar-refractivity contribution in [3.05, 3.63) is 58.1 Å². The van der Waals surface area contributed by atoms with Crippen molar-refractivity contribution in [2.75, 3.05) is 13.1 Å². The summed E-state index contributed by atoms with van der Waals surface area (Å²) in [5.41, 5.74) is 1.79.